The molecule has 0 saturated carbocycles. The van der Waals surface area contributed by atoms with Gasteiger partial charge in [-0.05, 0) is 37.1 Å². The molecular formula is C15H21FN2O. The first-order valence-electron chi connectivity index (χ1n) is 6.85. The van der Waals surface area contributed by atoms with E-state index in [1.807, 2.05) is 17.9 Å². The number of hydrogen-bond acceptors (Lipinski definition) is 2. The standard InChI is InChI=1S/C15H21FN2O/c1-3-18(10-12-5-4-6-13(16)7-12)15(19)14-9-17-8-11(14)2/h4-7,11,14,17H,3,8-10H2,1-2H3/t11-,14-/m1/s1. The Morgan fingerprint density at radius 1 is 1.47 bits per heavy atom. The van der Waals surface area contributed by atoms with Crippen LogP contribution in [-0.4, -0.2) is 30.4 Å². The normalized spacial score (nSPS) is 22.5. The van der Waals surface area contributed by atoms with Gasteiger partial charge in [-0.2, -0.15) is 0 Å². The van der Waals surface area contributed by atoms with E-state index in [1.54, 1.807) is 6.07 Å². The van der Waals surface area contributed by atoms with Crippen molar-refractivity contribution in [1.29, 1.82) is 0 Å². The number of benzene rings is 1. The molecule has 0 spiro atoms. The fourth-order valence-electron chi connectivity index (χ4n) is 2.58. The summed E-state index contributed by atoms with van der Waals surface area (Å²) < 4.78 is 13.2. The van der Waals surface area contributed by atoms with Crippen molar-refractivity contribution >= 4 is 5.91 Å². The van der Waals surface area contributed by atoms with Gasteiger partial charge in [0.15, 0.2) is 0 Å². The molecule has 1 aromatic rings. The highest BCUT2D eigenvalue weighted by atomic mass is 19.1. The third-order valence-corrected chi connectivity index (χ3v) is 3.79. The second-order valence-electron chi connectivity index (χ2n) is 5.22. The van der Waals surface area contributed by atoms with Crippen LogP contribution in [0.5, 0.6) is 0 Å². The predicted molar refractivity (Wildman–Crippen MR) is 73.0 cm³/mol. The zero-order valence-corrected chi connectivity index (χ0v) is 11.5. The van der Waals surface area contributed by atoms with Crippen LogP contribution in [0.15, 0.2) is 24.3 Å². The highest BCUT2D eigenvalue weighted by molar-refractivity contribution is 5.79. The molecule has 1 aliphatic heterocycles. The van der Waals surface area contributed by atoms with Crippen molar-refractivity contribution in [3.8, 4) is 0 Å². The number of carbonyl (C=O) groups excluding carboxylic acids is 1. The minimum Gasteiger partial charge on any atom is -0.338 e. The number of hydrogen-bond donors (Lipinski definition) is 1. The number of rotatable bonds is 4. The summed E-state index contributed by atoms with van der Waals surface area (Å²) in [4.78, 5) is 14.3. The summed E-state index contributed by atoms with van der Waals surface area (Å²) in [5, 5.41) is 3.25. The van der Waals surface area contributed by atoms with Gasteiger partial charge in [0.1, 0.15) is 5.82 Å². The van der Waals surface area contributed by atoms with Crippen LogP contribution in [0.25, 0.3) is 0 Å². The second kappa shape index (κ2) is 6.15. The van der Waals surface area contributed by atoms with Gasteiger partial charge >= 0.3 is 0 Å². The molecule has 0 unspecified atom stereocenters. The molecule has 3 nitrogen and oxygen atoms in total. The van der Waals surface area contributed by atoms with Gasteiger partial charge in [0, 0.05) is 19.6 Å². The summed E-state index contributed by atoms with van der Waals surface area (Å²) in [6, 6.07) is 6.45. The smallest absolute Gasteiger partial charge is 0.227 e. The quantitative estimate of drug-likeness (QED) is 0.902. The summed E-state index contributed by atoms with van der Waals surface area (Å²) in [6.07, 6.45) is 0. The molecule has 0 aliphatic carbocycles. The van der Waals surface area contributed by atoms with Crippen molar-refractivity contribution in [1.82, 2.24) is 10.2 Å². The number of carbonyl (C=O) groups is 1. The van der Waals surface area contributed by atoms with Crippen LogP contribution in [0.3, 0.4) is 0 Å². The molecular weight excluding hydrogens is 243 g/mol. The fourth-order valence-corrected chi connectivity index (χ4v) is 2.58. The highest BCUT2D eigenvalue weighted by Gasteiger charge is 2.32. The van der Waals surface area contributed by atoms with Crippen molar-refractivity contribution in [2.45, 2.75) is 20.4 Å². The largest absolute Gasteiger partial charge is 0.338 e. The van der Waals surface area contributed by atoms with Gasteiger partial charge in [0.25, 0.3) is 0 Å². The maximum atomic E-state index is 13.2. The van der Waals surface area contributed by atoms with Crippen molar-refractivity contribution < 1.29 is 9.18 Å². The van der Waals surface area contributed by atoms with Crippen LogP contribution < -0.4 is 5.32 Å². The molecule has 4 heteroatoms. The topological polar surface area (TPSA) is 32.3 Å². The molecule has 1 N–H and O–H groups in total. The van der Waals surface area contributed by atoms with Gasteiger partial charge in [0.2, 0.25) is 5.91 Å². The van der Waals surface area contributed by atoms with Gasteiger partial charge in [0.05, 0.1) is 5.92 Å². The van der Waals surface area contributed by atoms with E-state index >= 15 is 0 Å². The van der Waals surface area contributed by atoms with Crippen LogP contribution in [0, 0.1) is 17.7 Å². The molecule has 19 heavy (non-hydrogen) atoms. The van der Waals surface area contributed by atoms with E-state index in [0.29, 0.717) is 19.0 Å². The first-order chi connectivity index (χ1) is 9.11. The summed E-state index contributed by atoms with van der Waals surface area (Å²) >= 11 is 0. The number of nitrogens with one attached hydrogen (secondary N) is 1. The van der Waals surface area contributed by atoms with Crippen LogP contribution in [0.4, 0.5) is 4.39 Å². The minimum absolute atomic E-state index is 0.0495. The minimum atomic E-state index is -0.253. The lowest BCUT2D eigenvalue weighted by molar-refractivity contribution is -0.136. The first kappa shape index (κ1) is 14.0. The second-order valence-corrected chi connectivity index (χ2v) is 5.22. The average molecular weight is 264 g/mol. The lowest BCUT2D eigenvalue weighted by Gasteiger charge is -2.26. The monoisotopic (exact) mass is 264 g/mol. The van der Waals surface area contributed by atoms with E-state index < -0.39 is 0 Å². The summed E-state index contributed by atoms with van der Waals surface area (Å²) in [5.74, 6) is 0.337. The molecule has 0 bridgehead atoms. The van der Waals surface area contributed by atoms with Crippen molar-refractivity contribution in [2.24, 2.45) is 11.8 Å². The van der Waals surface area contributed by atoms with E-state index in [-0.39, 0.29) is 17.6 Å². The Hall–Kier alpha value is -1.42. The molecule has 104 valence electrons. The SMILES string of the molecule is CCN(Cc1cccc(F)c1)C(=O)[C@@H]1CNC[C@H]1C. The highest BCUT2D eigenvalue weighted by Crippen LogP contribution is 2.20. The maximum Gasteiger partial charge on any atom is 0.227 e. The molecule has 0 radical (unpaired) electrons. The lowest BCUT2D eigenvalue weighted by Crippen LogP contribution is -2.38. The lowest BCUT2D eigenvalue weighted by atomic mass is 9.96. The van der Waals surface area contributed by atoms with Gasteiger partial charge in [-0.15, -0.1) is 0 Å². The molecule has 2 atom stereocenters. The summed E-state index contributed by atoms with van der Waals surface area (Å²) in [6.45, 7) is 6.84. The average Bonchev–Trinajstić information content (AvgIpc) is 2.81. The molecule has 2 rings (SSSR count). The molecule has 1 aliphatic rings. The number of amides is 1. The van der Waals surface area contributed by atoms with Gasteiger partial charge < -0.3 is 10.2 Å². The maximum absolute atomic E-state index is 13.2. The van der Waals surface area contributed by atoms with Crippen molar-refractivity contribution in [3.05, 3.63) is 35.6 Å². The summed E-state index contributed by atoms with van der Waals surface area (Å²) in [7, 11) is 0. The Balaban J connectivity index is 2.05. The molecule has 1 fully saturated rings. The zero-order valence-electron chi connectivity index (χ0n) is 11.5. The number of nitrogens with zero attached hydrogens (tertiary/aromatic N) is 1. The Labute approximate surface area is 113 Å². The molecule has 1 heterocycles. The van der Waals surface area contributed by atoms with E-state index in [4.69, 9.17) is 0 Å². The van der Waals surface area contributed by atoms with Gasteiger partial charge in [-0.1, -0.05) is 19.1 Å². The Morgan fingerprint density at radius 3 is 2.84 bits per heavy atom. The zero-order chi connectivity index (χ0) is 13.8. The van der Waals surface area contributed by atoms with E-state index in [0.717, 1.165) is 18.7 Å². The number of halogens is 1. The van der Waals surface area contributed by atoms with Crippen LogP contribution >= 0.6 is 0 Å². The van der Waals surface area contributed by atoms with E-state index in [2.05, 4.69) is 12.2 Å². The molecule has 0 aromatic heterocycles. The van der Waals surface area contributed by atoms with E-state index in [1.165, 1.54) is 12.1 Å². The van der Waals surface area contributed by atoms with Crippen LogP contribution in [-0.2, 0) is 11.3 Å². The molecule has 1 amide bonds. The third-order valence-electron chi connectivity index (χ3n) is 3.79. The van der Waals surface area contributed by atoms with Crippen molar-refractivity contribution in [3.63, 3.8) is 0 Å². The molecule has 1 saturated heterocycles. The van der Waals surface area contributed by atoms with Crippen LogP contribution in [0.1, 0.15) is 19.4 Å². The Kier molecular flexibility index (Phi) is 4.53. The van der Waals surface area contributed by atoms with Gasteiger partial charge in [-0.3, -0.25) is 4.79 Å². The summed E-state index contributed by atoms with van der Waals surface area (Å²) in [5.41, 5.74) is 0.841. The van der Waals surface area contributed by atoms with Crippen molar-refractivity contribution in [2.75, 3.05) is 19.6 Å². The molecule has 1 aromatic carbocycles. The predicted octanol–water partition coefficient (Wildman–Crippen LogP) is 2.03. The van der Waals surface area contributed by atoms with E-state index in [9.17, 15) is 9.18 Å². The Bertz CT molecular complexity index is 450. The first-order valence-corrected chi connectivity index (χ1v) is 6.85. The van der Waals surface area contributed by atoms with Gasteiger partial charge in [-0.25, -0.2) is 4.39 Å². The van der Waals surface area contributed by atoms with Crippen LogP contribution in [0.2, 0.25) is 0 Å². The fraction of sp³-hybridized carbons (Fsp3) is 0.533. The Morgan fingerprint density at radius 2 is 2.26 bits per heavy atom. The third kappa shape index (κ3) is 3.32.